The first-order valence-corrected chi connectivity index (χ1v) is 7.95. The fourth-order valence-electron chi connectivity index (χ4n) is 1.61. The molecule has 0 saturated heterocycles. The number of thioether (sulfide) groups is 1. The van der Waals surface area contributed by atoms with Crippen molar-refractivity contribution >= 4 is 39.3 Å². The predicted molar refractivity (Wildman–Crippen MR) is 86.0 cm³/mol. The molecule has 0 aliphatic heterocycles. The zero-order valence-corrected chi connectivity index (χ0v) is 13.4. The highest BCUT2D eigenvalue weighted by molar-refractivity contribution is 9.10. The molecule has 110 valence electrons. The van der Waals surface area contributed by atoms with Gasteiger partial charge in [0.05, 0.1) is 11.3 Å². The first-order valence-electron chi connectivity index (χ1n) is 6.17. The van der Waals surface area contributed by atoms with Crippen molar-refractivity contribution in [1.82, 2.24) is 0 Å². The highest BCUT2D eigenvalue weighted by Crippen LogP contribution is 2.24. The summed E-state index contributed by atoms with van der Waals surface area (Å²) in [6.07, 6.45) is 0. The van der Waals surface area contributed by atoms with E-state index in [1.165, 1.54) is 6.07 Å². The average molecular weight is 370 g/mol. The van der Waals surface area contributed by atoms with Crippen LogP contribution in [0.15, 0.2) is 51.8 Å². The molecule has 2 N–H and O–H groups in total. The van der Waals surface area contributed by atoms with Gasteiger partial charge in [0.2, 0.25) is 0 Å². The Morgan fingerprint density at radius 2 is 2.00 bits per heavy atom. The van der Waals surface area contributed by atoms with Crippen LogP contribution in [-0.2, 0) is 4.74 Å². The molecule has 0 saturated carbocycles. The van der Waals surface area contributed by atoms with Crippen molar-refractivity contribution in [3.8, 4) is 0 Å². The summed E-state index contributed by atoms with van der Waals surface area (Å²) in [5, 5.41) is 0. The van der Waals surface area contributed by atoms with Gasteiger partial charge in [0.25, 0.3) is 0 Å². The molecule has 0 aromatic heterocycles. The third-order valence-electron chi connectivity index (χ3n) is 2.63. The minimum atomic E-state index is -0.571. The third-order valence-corrected chi connectivity index (χ3v) is 4.27. The number of rotatable bonds is 5. The smallest absolute Gasteiger partial charge is 0.339 e. The molecule has 0 aliphatic rings. The number of nitrogens with two attached hydrogens (primary N) is 1. The Kier molecular flexibility index (Phi) is 5.64. The van der Waals surface area contributed by atoms with E-state index in [0.29, 0.717) is 10.2 Å². The maximum absolute atomic E-state index is 13.2. The molecule has 0 amide bonds. The second kappa shape index (κ2) is 7.47. The van der Waals surface area contributed by atoms with Gasteiger partial charge in [-0.2, -0.15) is 0 Å². The van der Waals surface area contributed by atoms with Crippen LogP contribution in [0.1, 0.15) is 10.4 Å². The third kappa shape index (κ3) is 4.47. The van der Waals surface area contributed by atoms with Crippen molar-refractivity contribution in [1.29, 1.82) is 0 Å². The van der Waals surface area contributed by atoms with Gasteiger partial charge in [0.15, 0.2) is 0 Å². The summed E-state index contributed by atoms with van der Waals surface area (Å²) < 4.78 is 18.7. The Balaban J connectivity index is 1.86. The second-order valence-electron chi connectivity index (χ2n) is 4.15. The second-order valence-corrected chi connectivity index (χ2v) is 6.17. The van der Waals surface area contributed by atoms with E-state index in [2.05, 4.69) is 15.9 Å². The number of halogens is 2. The summed E-state index contributed by atoms with van der Waals surface area (Å²) in [5.74, 6) is -0.454. The van der Waals surface area contributed by atoms with E-state index in [4.69, 9.17) is 10.5 Å². The topological polar surface area (TPSA) is 52.3 Å². The fourth-order valence-corrected chi connectivity index (χ4v) is 2.84. The van der Waals surface area contributed by atoms with Crippen LogP contribution in [-0.4, -0.2) is 18.3 Å². The highest BCUT2D eigenvalue weighted by atomic mass is 79.9. The van der Waals surface area contributed by atoms with Gasteiger partial charge in [0, 0.05) is 15.1 Å². The molecular formula is C15H13BrFNO2S. The van der Waals surface area contributed by atoms with Gasteiger partial charge in [-0.15, -0.1) is 11.8 Å². The zero-order chi connectivity index (χ0) is 15.2. The summed E-state index contributed by atoms with van der Waals surface area (Å²) in [5.41, 5.74) is 5.59. The Labute approximate surface area is 134 Å². The lowest BCUT2D eigenvalue weighted by atomic mass is 10.2. The number of hydrogen-bond acceptors (Lipinski definition) is 4. The van der Waals surface area contributed by atoms with E-state index < -0.39 is 11.8 Å². The quantitative estimate of drug-likeness (QED) is 0.372. The van der Waals surface area contributed by atoms with Gasteiger partial charge in [-0.05, 0) is 40.2 Å². The maximum atomic E-state index is 13.2. The van der Waals surface area contributed by atoms with Gasteiger partial charge >= 0.3 is 5.97 Å². The van der Waals surface area contributed by atoms with Crippen LogP contribution in [0.5, 0.6) is 0 Å². The number of hydrogen-bond donors (Lipinski definition) is 1. The number of carbonyl (C=O) groups excluding carboxylic acids is 1. The molecule has 0 bridgehead atoms. The largest absolute Gasteiger partial charge is 0.461 e. The number of nitrogen functional groups attached to an aromatic ring is 1. The Hall–Kier alpha value is -1.53. The molecule has 3 nitrogen and oxygen atoms in total. The average Bonchev–Trinajstić information content (AvgIpc) is 2.48. The molecule has 0 radical (unpaired) electrons. The lowest BCUT2D eigenvalue weighted by molar-refractivity contribution is 0.0529. The number of anilines is 1. The summed E-state index contributed by atoms with van der Waals surface area (Å²) in [6.45, 7) is 0.266. The van der Waals surface area contributed by atoms with Gasteiger partial charge in [-0.25, -0.2) is 9.18 Å². The van der Waals surface area contributed by atoms with Crippen LogP contribution in [0.2, 0.25) is 0 Å². The minimum Gasteiger partial charge on any atom is -0.461 e. The first kappa shape index (κ1) is 15.9. The molecule has 2 rings (SSSR count). The zero-order valence-electron chi connectivity index (χ0n) is 11.0. The van der Waals surface area contributed by atoms with E-state index in [1.807, 2.05) is 30.3 Å². The maximum Gasteiger partial charge on any atom is 0.339 e. The van der Waals surface area contributed by atoms with E-state index in [1.54, 1.807) is 11.8 Å². The molecule has 0 atom stereocenters. The lowest BCUT2D eigenvalue weighted by Gasteiger charge is -2.08. The molecule has 0 aliphatic carbocycles. The van der Waals surface area contributed by atoms with Crippen molar-refractivity contribution in [2.75, 3.05) is 18.1 Å². The van der Waals surface area contributed by atoms with Gasteiger partial charge < -0.3 is 10.5 Å². The molecule has 0 heterocycles. The van der Waals surface area contributed by atoms with E-state index >= 15 is 0 Å². The normalized spacial score (nSPS) is 10.4. The van der Waals surface area contributed by atoms with Crippen LogP contribution >= 0.6 is 27.7 Å². The summed E-state index contributed by atoms with van der Waals surface area (Å²) in [4.78, 5) is 13.0. The number of benzene rings is 2. The fraction of sp³-hybridized carbons (Fsp3) is 0.133. The van der Waals surface area contributed by atoms with Crippen molar-refractivity contribution in [3.05, 3.63) is 58.3 Å². The minimum absolute atomic E-state index is 0.0798. The number of ether oxygens (including phenoxy) is 1. The molecular weight excluding hydrogens is 357 g/mol. The molecule has 0 unspecified atom stereocenters. The molecule has 0 fully saturated rings. The Bertz CT molecular complexity index is 637. The van der Waals surface area contributed by atoms with E-state index in [9.17, 15) is 9.18 Å². The number of carbonyl (C=O) groups is 1. The molecule has 0 spiro atoms. The van der Waals surface area contributed by atoms with Crippen molar-refractivity contribution in [2.45, 2.75) is 4.90 Å². The van der Waals surface area contributed by atoms with Crippen LogP contribution in [0.25, 0.3) is 0 Å². The summed E-state index contributed by atoms with van der Waals surface area (Å²) in [6, 6.07) is 12.3. The van der Waals surface area contributed by atoms with Crippen molar-refractivity contribution in [3.63, 3.8) is 0 Å². The summed E-state index contributed by atoms with van der Waals surface area (Å²) >= 11 is 4.72. The van der Waals surface area contributed by atoms with E-state index in [-0.39, 0.29) is 17.9 Å². The van der Waals surface area contributed by atoms with Crippen LogP contribution < -0.4 is 5.73 Å². The SMILES string of the molecule is Nc1cc(C(=O)OCCSc2ccccc2)c(Br)cc1F. The Morgan fingerprint density at radius 1 is 1.29 bits per heavy atom. The van der Waals surface area contributed by atoms with Crippen LogP contribution in [0.4, 0.5) is 10.1 Å². The number of esters is 1. The molecule has 2 aromatic carbocycles. The van der Waals surface area contributed by atoms with Gasteiger partial charge in [-0.3, -0.25) is 0 Å². The van der Waals surface area contributed by atoms with Gasteiger partial charge in [0.1, 0.15) is 12.4 Å². The molecule has 2 aromatic rings. The Morgan fingerprint density at radius 3 is 2.71 bits per heavy atom. The first-order chi connectivity index (χ1) is 10.1. The highest BCUT2D eigenvalue weighted by Gasteiger charge is 2.14. The lowest BCUT2D eigenvalue weighted by Crippen LogP contribution is -2.09. The molecule has 6 heteroatoms. The summed E-state index contributed by atoms with van der Waals surface area (Å²) in [7, 11) is 0. The van der Waals surface area contributed by atoms with Crippen molar-refractivity contribution in [2.24, 2.45) is 0 Å². The monoisotopic (exact) mass is 369 g/mol. The standard InChI is InChI=1S/C15H13BrFNO2S/c16-12-9-13(17)14(18)8-11(12)15(19)20-6-7-21-10-4-2-1-3-5-10/h1-5,8-9H,6-7,18H2. The van der Waals surface area contributed by atoms with E-state index in [0.717, 1.165) is 11.0 Å². The van der Waals surface area contributed by atoms with Crippen molar-refractivity contribution < 1.29 is 13.9 Å². The van der Waals surface area contributed by atoms with Gasteiger partial charge in [-0.1, -0.05) is 18.2 Å². The van der Waals surface area contributed by atoms with Crippen LogP contribution in [0, 0.1) is 5.82 Å². The predicted octanol–water partition coefficient (Wildman–Crippen LogP) is 4.12. The van der Waals surface area contributed by atoms with Crippen LogP contribution in [0.3, 0.4) is 0 Å². The molecule has 21 heavy (non-hydrogen) atoms.